The van der Waals surface area contributed by atoms with Gasteiger partial charge in [-0.15, -0.1) is 0 Å². The smallest absolute Gasteiger partial charge is 0.305 e. The number of unbranched alkanes of at least 4 members (excludes halogenated alkanes) is 11. The van der Waals surface area contributed by atoms with Crippen molar-refractivity contribution in [3.05, 3.63) is 12.2 Å². The summed E-state index contributed by atoms with van der Waals surface area (Å²) >= 11 is 0. The second-order valence-electron chi connectivity index (χ2n) is 13.6. The van der Waals surface area contributed by atoms with Crippen molar-refractivity contribution in [1.82, 2.24) is 0 Å². The third kappa shape index (κ3) is 25.5. The van der Waals surface area contributed by atoms with Crippen LogP contribution in [0.2, 0.25) is 0 Å². The van der Waals surface area contributed by atoms with Crippen molar-refractivity contribution in [3.63, 3.8) is 0 Å². The summed E-state index contributed by atoms with van der Waals surface area (Å²) in [5, 5.41) is 27.4. The average Bonchev–Trinajstić information content (AvgIpc) is 3.54. The minimum atomic E-state index is -0.668. The molecule has 0 amide bonds. The molecule has 1 rings (SSSR count). The van der Waals surface area contributed by atoms with E-state index >= 15 is 0 Å². The highest BCUT2D eigenvalue weighted by Crippen LogP contribution is 2.26. The van der Waals surface area contributed by atoms with E-state index in [1.807, 2.05) is 20.8 Å². The van der Waals surface area contributed by atoms with E-state index in [2.05, 4.69) is 19.1 Å². The number of allylic oxidation sites excluding steroid dienone is 2. The molecule has 0 aromatic heterocycles. The van der Waals surface area contributed by atoms with Gasteiger partial charge in [0.05, 0.1) is 84.4 Å². The standard InChI is InChI=1S/C39H74O12/c1-5-6-7-8-9-10-11-12-13-14-15-16-17-18-19-20-37(43)49-30-35(47-27-32(2)44-24-21-40)39-38(50-29-34(4)46-26-23-42)36(31-51-39)48-28-33(3)45-25-22-41/h12-13,32-36,38-42H,5-11,14-31H2,1-4H3/b13-12-/t32?,33?,34?,35-,36+,38-,39-/m1/s1. The third-order valence-corrected chi connectivity index (χ3v) is 8.66. The third-order valence-electron chi connectivity index (χ3n) is 8.66. The fourth-order valence-corrected chi connectivity index (χ4v) is 5.77. The molecule has 0 spiro atoms. The Morgan fingerprint density at radius 3 is 1.75 bits per heavy atom. The summed E-state index contributed by atoms with van der Waals surface area (Å²) in [7, 11) is 0. The van der Waals surface area contributed by atoms with Crippen molar-refractivity contribution < 1.29 is 58.0 Å². The number of carbonyl (C=O) groups is 1. The largest absolute Gasteiger partial charge is 0.463 e. The molecule has 3 N–H and O–H groups in total. The molecule has 0 aromatic carbocycles. The lowest BCUT2D eigenvalue weighted by Crippen LogP contribution is -2.47. The van der Waals surface area contributed by atoms with Crippen LogP contribution >= 0.6 is 0 Å². The lowest BCUT2D eigenvalue weighted by molar-refractivity contribution is -0.165. The predicted octanol–water partition coefficient (Wildman–Crippen LogP) is 5.31. The number of ether oxygens (including phenoxy) is 8. The zero-order chi connectivity index (χ0) is 37.4. The Bertz CT molecular complexity index is 815. The molecule has 7 atom stereocenters. The normalized spacial score (nSPS) is 20.2. The first kappa shape index (κ1) is 47.8. The van der Waals surface area contributed by atoms with Crippen LogP contribution in [0.25, 0.3) is 0 Å². The van der Waals surface area contributed by atoms with E-state index in [0.29, 0.717) is 6.42 Å². The summed E-state index contributed by atoms with van der Waals surface area (Å²) in [5.74, 6) is -0.282. The van der Waals surface area contributed by atoms with E-state index in [0.717, 1.165) is 32.1 Å². The van der Waals surface area contributed by atoms with Gasteiger partial charge in [-0.25, -0.2) is 0 Å². The summed E-state index contributed by atoms with van der Waals surface area (Å²) < 4.78 is 47.3. The van der Waals surface area contributed by atoms with Crippen molar-refractivity contribution >= 4 is 5.97 Å². The molecule has 12 heteroatoms. The lowest BCUT2D eigenvalue weighted by atomic mass is 10.1. The highest BCUT2D eigenvalue weighted by Gasteiger charge is 2.45. The van der Waals surface area contributed by atoms with Gasteiger partial charge in [-0.1, -0.05) is 70.4 Å². The number of hydrogen-bond donors (Lipinski definition) is 3. The van der Waals surface area contributed by atoms with Gasteiger partial charge in [-0.3, -0.25) is 4.79 Å². The molecule has 0 bridgehead atoms. The molecule has 3 unspecified atom stereocenters. The maximum absolute atomic E-state index is 12.8. The molecule has 1 aliphatic rings. The van der Waals surface area contributed by atoms with Crippen molar-refractivity contribution in [2.75, 3.05) is 72.7 Å². The van der Waals surface area contributed by atoms with Crippen LogP contribution in [-0.4, -0.2) is 137 Å². The SMILES string of the molecule is CCCCCCCC/C=C\CCCCCCCC(=O)OC[C@@H](OCC(C)OCCO)[C@H]1OC[C@H](OCC(C)OCCO)[C@H]1OCC(C)OCCO. The zero-order valence-corrected chi connectivity index (χ0v) is 32.4. The Morgan fingerprint density at radius 1 is 0.667 bits per heavy atom. The molecule has 302 valence electrons. The van der Waals surface area contributed by atoms with Crippen molar-refractivity contribution in [2.45, 2.75) is 160 Å². The van der Waals surface area contributed by atoms with Crippen molar-refractivity contribution in [3.8, 4) is 0 Å². The van der Waals surface area contributed by atoms with Gasteiger partial charge >= 0.3 is 5.97 Å². The van der Waals surface area contributed by atoms with Crippen LogP contribution in [0.15, 0.2) is 12.2 Å². The van der Waals surface area contributed by atoms with Crippen molar-refractivity contribution in [1.29, 1.82) is 0 Å². The Labute approximate surface area is 308 Å². The molecule has 1 fully saturated rings. The minimum absolute atomic E-state index is 0.0273. The predicted molar refractivity (Wildman–Crippen MR) is 197 cm³/mol. The fraction of sp³-hybridized carbons (Fsp3) is 0.923. The Hall–Kier alpha value is -1.19. The first-order valence-corrected chi connectivity index (χ1v) is 19.8. The van der Waals surface area contributed by atoms with Crippen LogP contribution in [0.4, 0.5) is 0 Å². The molecule has 1 saturated heterocycles. The molecular weight excluding hydrogens is 660 g/mol. The van der Waals surface area contributed by atoms with E-state index < -0.39 is 24.4 Å². The van der Waals surface area contributed by atoms with Crippen LogP contribution in [0.3, 0.4) is 0 Å². The second kappa shape index (κ2) is 33.4. The summed E-state index contributed by atoms with van der Waals surface area (Å²) in [4.78, 5) is 12.8. The van der Waals surface area contributed by atoms with Crippen LogP contribution < -0.4 is 0 Å². The van der Waals surface area contributed by atoms with Crippen LogP contribution in [0.1, 0.15) is 118 Å². The van der Waals surface area contributed by atoms with Gasteiger partial charge in [0.15, 0.2) is 0 Å². The minimum Gasteiger partial charge on any atom is -0.463 e. The maximum Gasteiger partial charge on any atom is 0.305 e. The number of hydrogen-bond acceptors (Lipinski definition) is 12. The van der Waals surface area contributed by atoms with Crippen LogP contribution in [0, 0.1) is 0 Å². The van der Waals surface area contributed by atoms with Gasteiger partial charge in [-0.2, -0.15) is 0 Å². The number of carbonyl (C=O) groups excluding carboxylic acids is 1. The maximum atomic E-state index is 12.8. The molecule has 12 nitrogen and oxygen atoms in total. The Kier molecular flexibility index (Phi) is 31.3. The highest BCUT2D eigenvalue weighted by molar-refractivity contribution is 5.69. The Morgan fingerprint density at radius 2 is 1.18 bits per heavy atom. The Balaban J connectivity index is 2.63. The molecular formula is C39H74O12. The average molecular weight is 735 g/mol. The summed E-state index contributed by atoms with van der Waals surface area (Å²) in [6, 6.07) is 0. The van der Waals surface area contributed by atoms with Gasteiger partial charge in [-0.05, 0) is 52.9 Å². The summed E-state index contributed by atoms with van der Waals surface area (Å²) in [5.41, 5.74) is 0. The highest BCUT2D eigenvalue weighted by atomic mass is 16.6. The first-order chi connectivity index (χ1) is 24.9. The lowest BCUT2D eigenvalue weighted by Gasteiger charge is -2.31. The second-order valence-corrected chi connectivity index (χ2v) is 13.6. The summed E-state index contributed by atoms with van der Waals surface area (Å²) in [6.07, 6.45) is 17.3. The molecule has 0 radical (unpaired) electrons. The molecule has 1 heterocycles. The number of esters is 1. The van der Waals surface area contributed by atoms with Gasteiger partial charge in [0.2, 0.25) is 0 Å². The topological polar surface area (TPSA) is 152 Å². The summed E-state index contributed by atoms with van der Waals surface area (Å²) in [6.45, 7) is 9.01. The van der Waals surface area contributed by atoms with E-state index in [1.165, 1.54) is 51.4 Å². The molecule has 0 aromatic rings. The molecule has 51 heavy (non-hydrogen) atoms. The molecule has 1 aliphatic heterocycles. The van der Waals surface area contributed by atoms with Crippen molar-refractivity contribution in [2.24, 2.45) is 0 Å². The number of aliphatic hydroxyl groups is 3. The van der Waals surface area contributed by atoms with Gasteiger partial charge in [0.25, 0.3) is 0 Å². The van der Waals surface area contributed by atoms with E-state index in [1.54, 1.807) is 0 Å². The quantitative estimate of drug-likeness (QED) is 0.0435. The van der Waals surface area contributed by atoms with Gasteiger partial charge in [0, 0.05) is 6.42 Å². The van der Waals surface area contributed by atoms with Gasteiger partial charge in [0.1, 0.15) is 31.0 Å². The van der Waals surface area contributed by atoms with Crippen LogP contribution in [-0.2, 0) is 42.7 Å². The first-order valence-electron chi connectivity index (χ1n) is 19.8. The zero-order valence-electron chi connectivity index (χ0n) is 32.4. The molecule has 0 saturated carbocycles. The van der Waals surface area contributed by atoms with Crippen LogP contribution in [0.5, 0.6) is 0 Å². The van der Waals surface area contributed by atoms with E-state index in [4.69, 9.17) is 53.2 Å². The van der Waals surface area contributed by atoms with E-state index in [-0.39, 0.29) is 97.0 Å². The van der Waals surface area contributed by atoms with E-state index in [9.17, 15) is 4.79 Å². The fourth-order valence-electron chi connectivity index (χ4n) is 5.77. The number of rotatable bonds is 36. The monoisotopic (exact) mass is 735 g/mol. The number of aliphatic hydroxyl groups excluding tert-OH is 3. The molecule has 0 aliphatic carbocycles. The van der Waals surface area contributed by atoms with Gasteiger partial charge < -0.3 is 53.2 Å².